The van der Waals surface area contributed by atoms with E-state index >= 15 is 0 Å². The Morgan fingerprint density at radius 3 is 2.53 bits per heavy atom. The van der Waals surface area contributed by atoms with Gasteiger partial charge in [-0.1, -0.05) is 12.1 Å². The van der Waals surface area contributed by atoms with Crippen LogP contribution in [0.2, 0.25) is 0 Å². The van der Waals surface area contributed by atoms with Gasteiger partial charge in [0.1, 0.15) is 5.75 Å². The molecule has 19 heavy (non-hydrogen) atoms. The molecule has 0 saturated carbocycles. The lowest BCUT2D eigenvalue weighted by Crippen LogP contribution is -2.47. The summed E-state index contributed by atoms with van der Waals surface area (Å²) in [6.45, 7) is 2.15. The lowest BCUT2D eigenvalue weighted by molar-refractivity contribution is -0.274. The van der Waals surface area contributed by atoms with Gasteiger partial charge in [-0.05, 0) is 17.7 Å². The van der Waals surface area contributed by atoms with E-state index in [-0.39, 0.29) is 11.7 Å². The van der Waals surface area contributed by atoms with Crippen molar-refractivity contribution in [3.8, 4) is 5.75 Å². The smallest absolute Gasteiger partial charge is 0.406 e. The summed E-state index contributed by atoms with van der Waals surface area (Å²) in [6.07, 6.45) is -4.67. The van der Waals surface area contributed by atoms with Gasteiger partial charge in [0.15, 0.2) is 0 Å². The molecule has 2 rings (SSSR count). The van der Waals surface area contributed by atoms with E-state index in [0.717, 1.165) is 12.1 Å². The molecule has 0 radical (unpaired) electrons. The number of amides is 1. The molecule has 0 bridgehead atoms. The van der Waals surface area contributed by atoms with Crippen LogP contribution in [0.5, 0.6) is 5.75 Å². The normalized spacial score (nSPS) is 17.1. The summed E-state index contributed by atoms with van der Waals surface area (Å²) in [7, 11) is 0. The van der Waals surface area contributed by atoms with Crippen molar-refractivity contribution < 1.29 is 22.7 Å². The third kappa shape index (κ3) is 4.44. The molecular weight excluding hydrogens is 261 g/mol. The Kier molecular flexibility index (Phi) is 3.94. The first kappa shape index (κ1) is 13.7. The Morgan fingerprint density at radius 2 is 1.95 bits per heavy atom. The van der Waals surface area contributed by atoms with Gasteiger partial charge in [-0.2, -0.15) is 0 Å². The molecular formula is C12H13F3N2O2. The number of alkyl halides is 3. The lowest BCUT2D eigenvalue weighted by atomic mass is 10.2. The second-order valence-corrected chi connectivity index (χ2v) is 4.25. The number of carbonyl (C=O) groups is 1. The molecule has 1 aliphatic rings. The Balaban J connectivity index is 1.93. The summed E-state index contributed by atoms with van der Waals surface area (Å²) < 4.78 is 39.7. The summed E-state index contributed by atoms with van der Waals surface area (Å²) >= 11 is 0. The molecule has 1 saturated heterocycles. The average molecular weight is 274 g/mol. The maximum absolute atomic E-state index is 12.0. The maximum Gasteiger partial charge on any atom is 0.573 e. The molecule has 0 atom stereocenters. The molecule has 0 aliphatic carbocycles. The number of hydrogen-bond donors (Lipinski definition) is 1. The highest BCUT2D eigenvalue weighted by molar-refractivity contribution is 5.78. The second-order valence-electron chi connectivity index (χ2n) is 4.25. The molecule has 104 valence electrons. The lowest BCUT2D eigenvalue weighted by Gasteiger charge is -2.26. The van der Waals surface area contributed by atoms with Crippen LogP contribution in [-0.2, 0) is 11.3 Å². The number of nitrogens with one attached hydrogen (secondary N) is 1. The fraction of sp³-hybridized carbons (Fsp3) is 0.417. The van der Waals surface area contributed by atoms with Crippen LogP contribution in [0.3, 0.4) is 0 Å². The van der Waals surface area contributed by atoms with Crippen molar-refractivity contribution in [2.45, 2.75) is 12.9 Å². The van der Waals surface area contributed by atoms with Crippen molar-refractivity contribution in [1.82, 2.24) is 10.2 Å². The monoisotopic (exact) mass is 274 g/mol. The zero-order valence-electron chi connectivity index (χ0n) is 10.0. The van der Waals surface area contributed by atoms with Crippen molar-refractivity contribution >= 4 is 5.91 Å². The van der Waals surface area contributed by atoms with E-state index in [2.05, 4.69) is 10.1 Å². The Hall–Kier alpha value is -1.76. The molecule has 1 fully saturated rings. The Labute approximate surface area is 108 Å². The van der Waals surface area contributed by atoms with E-state index in [1.54, 1.807) is 12.1 Å². The predicted octanol–water partition coefficient (Wildman–Crippen LogP) is 1.52. The van der Waals surface area contributed by atoms with Crippen molar-refractivity contribution in [3.05, 3.63) is 29.8 Å². The standard InChI is InChI=1S/C12H13F3N2O2/c13-12(14,15)19-10-3-1-9(2-4-10)7-17-6-5-16-11(18)8-17/h1-4H,5-8H2,(H,16,18). The van der Waals surface area contributed by atoms with Crippen LogP contribution in [-0.4, -0.2) is 36.8 Å². The number of halogens is 3. The second kappa shape index (κ2) is 5.48. The SMILES string of the molecule is O=C1CN(Cc2ccc(OC(F)(F)F)cc2)CCN1. The molecule has 0 spiro atoms. The molecule has 1 aromatic carbocycles. The van der Waals surface area contributed by atoms with Crippen LogP contribution in [0.15, 0.2) is 24.3 Å². The van der Waals surface area contributed by atoms with E-state index in [0.29, 0.717) is 19.6 Å². The molecule has 4 nitrogen and oxygen atoms in total. The van der Waals surface area contributed by atoms with Crippen molar-refractivity contribution in [2.24, 2.45) is 0 Å². The number of benzene rings is 1. The van der Waals surface area contributed by atoms with Gasteiger partial charge < -0.3 is 10.1 Å². The maximum atomic E-state index is 12.0. The van der Waals surface area contributed by atoms with Gasteiger partial charge >= 0.3 is 6.36 Å². The topological polar surface area (TPSA) is 41.6 Å². The first-order valence-electron chi connectivity index (χ1n) is 5.76. The van der Waals surface area contributed by atoms with E-state index in [1.165, 1.54) is 12.1 Å². The van der Waals surface area contributed by atoms with Gasteiger partial charge in [0.05, 0.1) is 6.54 Å². The van der Waals surface area contributed by atoms with Gasteiger partial charge in [-0.25, -0.2) is 0 Å². The largest absolute Gasteiger partial charge is 0.573 e. The van der Waals surface area contributed by atoms with Crippen molar-refractivity contribution in [3.63, 3.8) is 0 Å². The summed E-state index contributed by atoms with van der Waals surface area (Å²) in [5.41, 5.74) is 0.837. The van der Waals surface area contributed by atoms with Gasteiger partial charge in [0.25, 0.3) is 0 Å². The molecule has 1 aliphatic heterocycles. The van der Waals surface area contributed by atoms with E-state index in [4.69, 9.17) is 0 Å². The third-order valence-corrected chi connectivity index (χ3v) is 2.68. The predicted molar refractivity (Wildman–Crippen MR) is 61.4 cm³/mol. The van der Waals surface area contributed by atoms with E-state index in [9.17, 15) is 18.0 Å². The summed E-state index contributed by atoms with van der Waals surface area (Å²) in [5, 5.41) is 2.71. The number of hydrogen-bond acceptors (Lipinski definition) is 3. The highest BCUT2D eigenvalue weighted by Crippen LogP contribution is 2.23. The molecule has 1 amide bonds. The number of carbonyl (C=O) groups excluding carboxylic acids is 1. The number of nitrogens with zero attached hydrogens (tertiary/aromatic N) is 1. The molecule has 1 heterocycles. The van der Waals surface area contributed by atoms with E-state index < -0.39 is 6.36 Å². The van der Waals surface area contributed by atoms with E-state index in [1.807, 2.05) is 4.90 Å². The molecule has 7 heteroatoms. The molecule has 1 N–H and O–H groups in total. The van der Waals surface area contributed by atoms with Crippen LogP contribution in [0.1, 0.15) is 5.56 Å². The fourth-order valence-electron chi connectivity index (χ4n) is 1.88. The van der Waals surface area contributed by atoms with Gasteiger partial charge in [0.2, 0.25) is 5.91 Å². The minimum atomic E-state index is -4.67. The first-order valence-corrected chi connectivity index (χ1v) is 5.76. The summed E-state index contributed by atoms with van der Waals surface area (Å²) in [6, 6.07) is 5.67. The van der Waals surface area contributed by atoms with Crippen LogP contribution in [0, 0.1) is 0 Å². The quantitative estimate of drug-likeness (QED) is 0.908. The third-order valence-electron chi connectivity index (χ3n) is 2.68. The van der Waals surface area contributed by atoms with Crippen LogP contribution < -0.4 is 10.1 Å². The van der Waals surface area contributed by atoms with Gasteiger partial charge in [-0.3, -0.25) is 9.69 Å². The van der Waals surface area contributed by atoms with Crippen molar-refractivity contribution in [1.29, 1.82) is 0 Å². The first-order chi connectivity index (χ1) is 8.92. The summed E-state index contributed by atoms with van der Waals surface area (Å²) in [5.74, 6) is -0.282. The van der Waals surface area contributed by atoms with Crippen LogP contribution in [0.25, 0.3) is 0 Å². The van der Waals surface area contributed by atoms with Crippen molar-refractivity contribution in [2.75, 3.05) is 19.6 Å². The zero-order chi connectivity index (χ0) is 13.9. The zero-order valence-corrected chi connectivity index (χ0v) is 10.0. The van der Waals surface area contributed by atoms with Crippen LogP contribution in [0.4, 0.5) is 13.2 Å². The van der Waals surface area contributed by atoms with Gasteiger partial charge in [0, 0.05) is 19.6 Å². The molecule has 0 aromatic heterocycles. The van der Waals surface area contributed by atoms with Crippen LogP contribution >= 0.6 is 0 Å². The fourth-order valence-corrected chi connectivity index (χ4v) is 1.88. The number of rotatable bonds is 3. The summed E-state index contributed by atoms with van der Waals surface area (Å²) in [4.78, 5) is 13.1. The molecule has 0 unspecified atom stereocenters. The Morgan fingerprint density at radius 1 is 1.26 bits per heavy atom. The Bertz CT molecular complexity index is 445. The number of piperazine rings is 1. The average Bonchev–Trinajstić information content (AvgIpc) is 2.30. The molecule has 1 aromatic rings. The van der Waals surface area contributed by atoms with Gasteiger partial charge in [-0.15, -0.1) is 13.2 Å². The highest BCUT2D eigenvalue weighted by Gasteiger charge is 2.30. The number of ether oxygens (including phenoxy) is 1. The minimum Gasteiger partial charge on any atom is -0.406 e. The minimum absolute atomic E-state index is 0.0386. The highest BCUT2D eigenvalue weighted by atomic mass is 19.4.